The minimum atomic E-state index is -4.14. The molecule has 31 heavy (non-hydrogen) atoms. The molecule has 1 atom stereocenters. The molecule has 3 rings (SSSR count). The average Bonchev–Trinajstić information content (AvgIpc) is 3.13. The largest absolute Gasteiger partial charge is 0.401 e. The molecule has 0 bridgehead atoms. The van der Waals surface area contributed by atoms with Crippen LogP contribution in [0.4, 0.5) is 13.2 Å². The Morgan fingerprint density at radius 3 is 2.35 bits per heavy atom. The second-order valence-electron chi connectivity index (χ2n) is 9.25. The lowest BCUT2D eigenvalue weighted by Crippen LogP contribution is -2.58. The van der Waals surface area contributed by atoms with Crippen molar-refractivity contribution in [3.63, 3.8) is 0 Å². The summed E-state index contributed by atoms with van der Waals surface area (Å²) in [6, 6.07) is 0.00794. The zero-order valence-electron chi connectivity index (χ0n) is 19.0. The van der Waals surface area contributed by atoms with Crippen LogP contribution in [0.25, 0.3) is 0 Å². The summed E-state index contributed by atoms with van der Waals surface area (Å²) in [6.07, 6.45) is 2.65. The minimum absolute atomic E-state index is 0. The average molecular weight is 560 g/mol. The van der Waals surface area contributed by atoms with Crippen LogP contribution >= 0.6 is 24.0 Å². The summed E-state index contributed by atoms with van der Waals surface area (Å²) in [5.74, 6) is 0.742. The maximum Gasteiger partial charge on any atom is 0.401 e. The fourth-order valence-electron chi connectivity index (χ4n) is 5.06. The molecular formula is C21H40F3IN6. The third-order valence-corrected chi connectivity index (χ3v) is 6.84. The van der Waals surface area contributed by atoms with E-state index in [0.29, 0.717) is 19.5 Å². The molecule has 182 valence electrons. The van der Waals surface area contributed by atoms with Crippen LogP contribution in [0, 0.1) is 0 Å². The molecule has 1 unspecified atom stereocenters. The Hall–Kier alpha value is -0.330. The van der Waals surface area contributed by atoms with Gasteiger partial charge in [-0.1, -0.05) is 6.42 Å². The first kappa shape index (κ1) is 26.9. The molecule has 0 spiro atoms. The maximum absolute atomic E-state index is 12.7. The highest BCUT2D eigenvalue weighted by Crippen LogP contribution is 2.31. The van der Waals surface area contributed by atoms with Crippen LogP contribution < -0.4 is 10.6 Å². The van der Waals surface area contributed by atoms with Crippen LogP contribution in [0.15, 0.2) is 4.99 Å². The SMILES string of the molecule is CCNC(=NCC1(N2CCCCC2)CCN(C)CC1)NC1CCN(CC(F)(F)F)C1.I. The van der Waals surface area contributed by atoms with Gasteiger partial charge < -0.3 is 15.5 Å². The van der Waals surface area contributed by atoms with Crippen molar-refractivity contribution in [3.05, 3.63) is 0 Å². The van der Waals surface area contributed by atoms with Crippen molar-refractivity contribution in [1.29, 1.82) is 0 Å². The van der Waals surface area contributed by atoms with Crippen LogP contribution in [-0.4, -0.2) is 104 Å². The minimum Gasteiger partial charge on any atom is -0.357 e. The van der Waals surface area contributed by atoms with E-state index in [1.807, 2.05) is 6.92 Å². The van der Waals surface area contributed by atoms with Gasteiger partial charge in [-0.15, -0.1) is 24.0 Å². The summed E-state index contributed by atoms with van der Waals surface area (Å²) in [4.78, 5) is 11.5. The van der Waals surface area contributed by atoms with E-state index in [9.17, 15) is 13.2 Å². The first-order chi connectivity index (χ1) is 14.3. The monoisotopic (exact) mass is 560 g/mol. The first-order valence-corrected chi connectivity index (χ1v) is 11.6. The molecule has 10 heteroatoms. The second-order valence-corrected chi connectivity index (χ2v) is 9.25. The Morgan fingerprint density at radius 2 is 1.74 bits per heavy atom. The molecule has 0 aliphatic carbocycles. The first-order valence-electron chi connectivity index (χ1n) is 11.6. The quantitative estimate of drug-likeness (QED) is 0.298. The summed E-state index contributed by atoms with van der Waals surface area (Å²) in [5.41, 5.74) is 0.104. The summed E-state index contributed by atoms with van der Waals surface area (Å²) >= 11 is 0. The van der Waals surface area contributed by atoms with Gasteiger partial charge in [-0.3, -0.25) is 14.8 Å². The van der Waals surface area contributed by atoms with E-state index in [1.54, 1.807) is 0 Å². The summed E-state index contributed by atoms with van der Waals surface area (Å²) in [7, 11) is 2.18. The van der Waals surface area contributed by atoms with Crippen molar-refractivity contribution in [2.24, 2.45) is 4.99 Å². The number of hydrogen-bond acceptors (Lipinski definition) is 4. The van der Waals surface area contributed by atoms with Crippen LogP contribution in [0.1, 0.15) is 45.4 Å². The smallest absolute Gasteiger partial charge is 0.357 e. The molecular weight excluding hydrogens is 520 g/mol. The van der Waals surface area contributed by atoms with Gasteiger partial charge in [0.25, 0.3) is 0 Å². The van der Waals surface area contributed by atoms with Gasteiger partial charge in [-0.2, -0.15) is 13.2 Å². The molecule has 0 aromatic heterocycles. The number of nitrogens with zero attached hydrogens (tertiary/aromatic N) is 4. The third kappa shape index (κ3) is 8.19. The number of rotatable bonds is 6. The standard InChI is InChI=1S/C21H39F3N6.HI/c1-3-25-19(27-18-7-12-29(15-18)17-21(22,23)24)26-16-20(8-13-28(2)14-9-20)30-10-5-4-6-11-30;/h18H,3-17H2,1-2H3,(H2,25,26,27);1H. The van der Waals surface area contributed by atoms with E-state index >= 15 is 0 Å². The van der Waals surface area contributed by atoms with Gasteiger partial charge >= 0.3 is 6.18 Å². The van der Waals surface area contributed by atoms with Gasteiger partial charge in [-0.05, 0) is 72.3 Å². The van der Waals surface area contributed by atoms with E-state index in [2.05, 4.69) is 27.5 Å². The number of hydrogen-bond donors (Lipinski definition) is 2. The number of nitrogens with one attached hydrogen (secondary N) is 2. The molecule has 3 aliphatic rings. The molecule has 0 amide bonds. The highest BCUT2D eigenvalue weighted by Gasteiger charge is 2.40. The molecule has 0 radical (unpaired) electrons. The Kier molecular flexibility index (Phi) is 10.6. The normalized spacial score (nSPS) is 26.5. The lowest BCUT2D eigenvalue weighted by atomic mass is 9.84. The van der Waals surface area contributed by atoms with Crippen molar-refractivity contribution in [2.45, 2.75) is 63.2 Å². The molecule has 0 aromatic carbocycles. The topological polar surface area (TPSA) is 46.1 Å². The number of halogens is 4. The number of aliphatic imine (C=N–C) groups is 1. The lowest BCUT2D eigenvalue weighted by molar-refractivity contribution is -0.143. The number of likely N-dealkylation sites (tertiary alicyclic amines) is 3. The second kappa shape index (κ2) is 12.2. The molecule has 3 heterocycles. The van der Waals surface area contributed by atoms with Gasteiger partial charge in [0.1, 0.15) is 0 Å². The molecule has 2 N–H and O–H groups in total. The fraction of sp³-hybridized carbons (Fsp3) is 0.952. The summed E-state index contributed by atoms with van der Waals surface area (Å²) in [5, 5.41) is 6.71. The fourth-order valence-corrected chi connectivity index (χ4v) is 5.06. The Morgan fingerprint density at radius 1 is 1.06 bits per heavy atom. The van der Waals surface area contributed by atoms with E-state index in [-0.39, 0.29) is 35.6 Å². The van der Waals surface area contributed by atoms with Gasteiger partial charge in [0, 0.05) is 31.2 Å². The van der Waals surface area contributed by atoms with Crippen molar-refractivity contribution in [2.75, 3.05) is 66.0 Å². The molecule has 0 saturated carbocycles. The molecule has 3 saturated heterocycles. The number of guanidine groups is 1. The van der Waals surface area contributed by atoms with Crippen LogP contribution in [0.3, 0.4) is 0 Å². The predicted molar refractivity (Wildman–Crippen MR) is 130 cm³/mol. The van der Waals surface area contributed by atoms with Crippen LogP contribution in [-0.2, 0) is 0 Å². The van der Waals surface area contributed by atoms with Crippen molar-refractivity contribution in [3.8, 4) is 0 Å². The predicted octanol–water partition coefficient (Wildman–Crippen LogP) is 2.75. The maximum atomic E-state index is 12.7. The van der Waals surface area contributed by atoms with Crippen LogP contribution in [0.5, 0.6) is 0 Å². The van der Waals surface area contributed by atoms with E-state index in [0.717, 1.165) is 58.1 Å². The number of piperidine rings is 2. The van der Waals surface area contributed by atoms with Crippen LogP contribution in [0.2, 0.25) is 0 Å². The molecule has 6 nitrogen and oxygen atoms in total. The molecule has 3 aliphatic heterocycles. The zero-order chi connectivity index (χ0) is 21.6. The van der Waals surface area contributed by atoms with Crippen molar-refractivity contribution in [1.82, 2.24) is 25.3 Å². The highest BCUT2D eigenvalue weighted by atomic mass is 127. The Balaban J connectivity index is 0.00000341. The van der Waals surface area contributed by atoms with E-state index in [1.165, 1.54) is 24.2 Å². The van der Waals surface area contributed by atoms with Gasteiger partial charge in [0.15, 0.2) is 5.96 Å². The van der Waals surface area contributed by atoms with Gasteiger partial charge in [-0.25, -0.2) is 0 Å². The van der Waals surface area contributed by atoms with E-state index < -0.39 is 12.7 Å². The lowest BCUT2D eigenvalue weighted by Gasteiger charge is -2.49. The Labute approximate surface area is 202 Å². The van der Waals surface area contributed by atoms with Crippen molar-refractivity contribution < 1.29 is 13.2 Å². The van der Waals surface area contributed by atoms with Crippen molar-refractivity contribution >= 4 is 29.9 Å². The van der Waals surface area contributed by atoms with Gasteiger partial charge in [0.2, 0.25) is 0 Å². The molecule has 0 aromatic rings. The highest BCUT2D eigenvalue weighted by molar-refractivity contribution is 14.0. The van der Waals surface area contributed by atoms with E-state index in [4.69, 9.17) is 4.99 Å². The van der Waals surface area contributed by atoms with Gasteiger partial charge in [0.05, 0.1) is 13.1 Å². The third-order valence-electron chi connectivity index (χ3n) is 6.84. The molecule has 3 fully saturated rings. The zero-order valence-corrected chi connectivity index (χ0v) is 21.3. The number of alkyl halides is 3. The summed E-state index contributed by atoms with van der Waals surface area (Å²) < 4.78 is 38.1. The summed E-state index contributed by atoms with van der Waals surface area (Å²) in [6.45, 7) is 8.04. The Bertz CT molecular complexity index is 560.